The number of benzene rings is 3. The van der Waals surface area contributed by atoms with Crippen LogP contribution in [0.3, 0.4) is 0 Å². The average molecular weight is 577 g/mol. The van der Waals surface area contributed by atoms with Crippen molar-refractivity contribution in [3.05, 3.63) is 107 Å². The lowest BCUT2D eigenvalue weighted by Gasteiger charge is -2.45. The number of hydrogen-bond acceptors (Lipinski definition) is 5. The summed E-state index contributed by atoms with van der Waals surface area (Å²) in [5.74, 6) is -2.02. The minimum Gasteiger partial charge on any atom is -0.367 e. The van der Waals surface area contributed by atoms with Gasteiger partial charge in [-0.2, -0.15) is 0 Å². The third kappa shape index (κ3) is 6.23. The highest BCUT2D eigenvalue weighted by molar-refractivity contribution is 5.94. The number of rotatable bonds is 8. The molecule has 0 radical (unpaired) electrons. The highest BCUT2D eigenvalue weighted by atomic mass is 19.2. The molecule has 3 aromatic carbocycles. The molecule has 5 rings (SSSR count). The first-order valence-electron chi connectivity index (χ1n) is 14.4. The van der Waals surface area contributed by atoms with Gasteiger partial charge in [0.1, 0.15) is 5.60 Å². The molecule has 42 heavy (non-hydrogen) atoms. The first kappa shape index (κ1) is 29.8. The number of halogens is 2. The van der Waals surface area contributed by atoms with Gasteiger partial charge in [0.15, 0.2) is 11.6 Å². The summed E-state index contributed by atoms with van der Waals surface area (Å²) in [6, 6.07) is 22.8. The van der Waals surface area contributed by atoms with E-state index in [9.17, 15) is 18.4 Å². The number of morpholine rings is 1. The maximum absolute atomic E-state index is 14.5. The summed E-state index contributed by atoms with van der Waals surface area (Å²) in [4.78, 5) is 30.9. The van der Waals surface area contributed by atoms with Crippen LogP contribution in [0.25, 0.3) is 0 Å². The molecule has 9 heteroatoms. The number of amides is 2. The van der Waals surface area contributed by atoms with E-state index in [4.69, 9.17) is 4.74 Å². The molecular formula is C33H38F2N4O3. The first-order chi connectivity index (χ1) is 20.2. The zero-order valence-corrected chi connectivity index (χ0v) is 24.2. The van der Waals surface area contributed by atoms with Crippen molar-refractivity contribution >= 4 is 11.8 Å². The van der Waals surface area contributed by atoms with Crippen molar-refractivity contribution < 1.29 is 23.1 Å². The van der Waals surface area contributed by atoms with E-state index in [0.717, 1.165) is 11.6 Å². The van der Waals surface area contributed by atoms with Crippen molar-refractivity contribution in [1.82, 2.24) is 20.2 Å². The maximum Gasteiger partial charge on any atom is 0.254 e. The van der Waals surface area contributed by atoms with Crippen LogP contribution in [0, 0.1) is 11.6 Å². The third-order valence-corrected chi connectivity index (χ3v) is 8.57. The van der Waals surface area contributed by atoms with Crippen LogP contribution in [-0.4, -0.2) is 80.0 Å². The zero-order valence-electron chi connectivity index (χ0n) is 24.2. The van der Waals surface area contributed by atoms with Crippen LogP contribution in [-0.2, 0) is 20.5 Å². The van der Waals surface area contributed by atoms with Crippen molar-refractivity contribution in [2.75, 3.05) is 53.4 Å². The molecule has 0 aromatic heterocycles. The van der Waals surface area contributed by atoms with Crippen LogP contribution in [0.4, 0.5) is 8.78 Å². The Kier molecular flexibility index (Phi) is 9.01. The summed E-state index contributed by atoms with van der Waals surface area (Å²) in [5.41, 5.74) is 3.38. The van der Waals surface area contributed by atoms with Gasteiger partial charge in [0.05, 0.1) is 18.6 Å². The van der Waals surface area contributed by atoms with Crippen LogP contribution < -0.4 is 5.43 Å². The lowest BCUT2D eigenvalue weighted by Crippen LogP contribution is -2.55. The molecule has 1 N–H and O–H groups in total. The van der Waals surface area contributed by atoms with E-state index < -0.39 is 22.7 Å². The van der Waals surface area contributed by atoms with E-state index in [1.807, 2.05) is 48.5 Å². The number of ether oxygens (including phenoxy) is 1. The fourth-order valence-electron chi connectivity index (χ4n) is 6.18. The summed E-state index contributed by atoms with van der Waals surface area (Å²) < 4.78 is 34.8. The zero-order chi connectivity index (χ0) is 29.7. The number of hydrogen-bond donors (Lipinski definition) is 1. The standard InChI is InChI=1S/C33H38F2N4O3/c1-37(2)36-31(41)32(26-11-7-4-8-12-26)15-18-38(19-16-32)20-17-33(27-13-14-28(34)29(35)23-27)24-39(21-22-42-33)30(40)25-9-5-3-6-10-25/h3-14,23H,15-22,24H2,1-2H3,(H,36,41). The number of carbonyl (C=O) groups is 2. The van der Waals surface area contributed by atoms with Gasteiger partial charge in [-0.3, -0.25) is 15.0 Å². The quantitative estimate of drug-likeness (QED) is 0.404. The van der Waals surface area contributed by atoms with E-state index in [1.54, 1.807) is 42.2 Å². The molecule has 0 spiro atoms. The molecule has 2 saturated heterocycles. The number of likely N-dealkylation sites (tertiary alicyclic amines) is 1. The van der Waals surface area contributed by atoms with Crippen LogP contribution >= 0.6 is 0 Å². The molecule has 1 unspecified atom stereocenters. The van der Waals surface area contributed by atoms with Crippen molar-refractivity contribution in [1.29, 1.82) is 0 Å². The van der Waals surface area contributed by atoms with Crippen LogP contribution in [0.15, 0.2) is 78.9 Å². The number of carbonyl (C=O) groups excluding carboxylic acids is 2. The van der Waals surface area contributed by atoms with Crippen LogP contribution in [0.1, 0.15) is 40.7 Å². The molecule has 3 aromatic rings. The fourth-order valence-corrected chi connectivity index (χ4v) is 6.18. The predicted octanol–water partition coefficient (Wildman–Crippen LogP) is 4.35. The monoisotopic (exact) mass is 576 g/mol. The van der Waals surface area contributed by atoms with E-state index in [1.165, 1.54) is 6.07 Å². The van der Waals surface area contributed by atoms with E-state index >= 15 is 0 Å². The Morgan fingerprint density at radius 2 is 1.55 bits per heavy atom. The van der Waals surface area contributed by atoms with Gasteiger partial charge in [-0.25, -0.2) is 13.8 Å². The highest BCUT2D eigenvalue weighted by Crippen LogP contribution is 2.38. The van der Waals surface area contributed by atoms with Crippen LogP contribution in [0.5, 0.6) is 0 Å². The molecule has 2 heterocycles. The van der Waals surface area contributed by atoms with Gasteiger partial charge in [0.2, 0.25) is 5.91 Å². The van der Waals surface area contributed by atoms with Crippen molar-refractivity contribution in [3.63, 3.8) is 0 Å². The average Bonchev–Trinajstić information content (AvgIpc) is 3.02. The molecule has 2 aliphatic rings. The van der Waals surface area contributed by atoms with Gasteiger partial charge < -0.3 is 14.5 Å². The van der Waals surface area contributed by atoms with E-state index in [0.29, 0.717) is 56.6 Å². The van der Waals surface area contributed by atoms with Gasteiger partial charge >= 0.3 is 0 Å². The smallest absolute Gasteiger partial charge is 0.254 e. The van der Waals surface area contributed by atoms with Crippen molar-refractivity contribution in [2.45, 2.75) is 30.3 Å². The molecular weight excluding hydrogens is 538 g/mol. The van der Waals surface area contributed by atoms with Crippen LogP contribution in [0.2, 0.25) is 0 Å². The number of piperidine rings is 1. The van der Waals surface area contributed by atoms with Crippen molar-refractivity contribution in [3.8, 4) is 0 Å². The normalized spacial score (nSPS) is 20.8. The summed E-state index contributed by atoms with van der Waals surface area (Å²) in [7, 11) is 3.61. The van der Waals surface area contributed by atoms with Gasteiger partial charge in [0, 0.05) is 32.7 Å². The lowest BCUT2D eigenvalue weighted by atomic mass is 9.72. The fraction of sp³-hybridized carbons (Fsp3) is 0.394. The largest absolute Gasteiger partial charge is 0.367 e. The molecule has 1 atom stereocenters. The molecule has 0 saturated carbocycles. The highest BCUT2D eigenvalue weighted by Gasteiger charge is 2.45. The molecule has 2 aliphatic heterocycles. The second-order valence-electron chi connectivity index (χ2n) is 11.4. The molecule has 2 fully saturated rings. The third-order valence-electron chi connectivity index (χ3n) is 8.57. The summed E-state index contributed by atoms with van der Waals surface area (Å²) in [5, 5.41) is 1.67. The SMILES string of the molecule is CN(C)NC(=O)C1(c2ccccc2)CCN(CCC2(c3ccc(F)c(F)c3)CN(C(=O)c3ccccc3)CCO2)CC1. The summed E-state index contributed by atoms with van der Waals surface area (Å²) in [6.07, 6.45) is 1.74. The topological polar surface area (TPSA) is 65.1 Å². The minimum atomic E-state index is -1.01. The van der Waals surface area contributed by atoms with E-state index in [-0.39, 0.29) is 25.0 Å². The first-order valence-corrected chi connectivity index (χ1v) is 14.4. The van der Waals surface area contributed by atoms with E-state index in [2.05, 4.69) is 10.3 Å². The second-order valence-corrected chi connectivity index (χ2v) is 11.4. The van der Waals surface area contributed by atoms with Crippen molar-refractivity contribution in [2.24, 2.45) is 0 Å². The molecule has 222 valence electrons. The van der Waals surface area contributed by atoms with Gasteiger partial charge in [-0.05, 0) is 67.7 Å². The predicted molar refractivity (Wildman–Crippen MR) is 157 cm³/mol. The van der Waals surface area contributed by atoms with Gasteiger partial charge in [0.25, 0.3) is 5.91 Å². The Bertz CT molecular complexity index is 1380. The Hall–Kier alpha value is -3.66. The Morgan fingerprint density at radius 3 is 2.19 bits per heavy atom. The Labute approximate surface area is 246 Å². The molecule has 2 amide bonds. The van der Waals surface area contributed by atoms with Gasteiger partial charge in [-0.1, -0.05) is 54.6 Å². The second kappa shape index (κ2) is 12.7. The molecule has 0 bridgehead atoms. The van der Waals surface area contributed by atoms with Gasteiger partial charge in [-0.15, -0.1) is 0 Å². The molecule has 7 nitrogen and oxygen atoms in total. The Morgan fingerprint density at radius 1 is 0.881 bits per heavy atom. The number of nitrogens with one attached hydrogen (secondary N) is 1. The lowest BCUT2D eigenvalue weighted by molar-refractivity contribution is -0.133. The number of nitrogens with zero attached hydrogens (tertiary/aromatic N) is 3. The summed E-state index contributed by atoms with van der Waals surface area (Å²) >= 11 is 0. The number of hydrazine groups is 1. The Balaban J connectivity index is 1.35. The minimum absolute atomic E-state index is 0.0257. The maximum atomic E-state index is 14.5. The summed E-state index contributed by atoms with van der Waals surface area (Å²) in [6.45, 7) is 2.86. The molecule has 0 aliphatic carbocycles.